The van der Waals surface area contributed by atoms with Crippen LogP contribution < -0.4 is 26.6 Å². The molecule has 55 heavy (non-hydrogen) atoms. The van der Waals surface area contributed by atoms with Crippen LogP contribution in [0.25, 0.3) is 0 Å². The molecule has 0 bridgehead atoms. The number of nitrogens with one attached hydrogen (secondary N) is 5. The number of carbonyl (C=O) groups excluding carboxylic acids is 6. The monoisotopic (exact) mass is 774 g/mol. The first-order chi connectivity index (χ1) is 25.7. The van der Waals surface area contributed by atoms with Crippen LogP contribution in [0, 0.1) is 23.7 Å². The molecular weight excluding hydrogens is 712 g/mol. The highest BCUT2D eigenvalue weighted by Crippen LogP contribution is 2.13. The van der Waals surface area contributed by atoms with E-state index >= 15 is 0 Å². The number of carboxylic acids is 2. The Balaban J connectivity index is 3.36. The third-order valence-corrected chi connectivity index (χ3v) is 9.13. The Hall–Kier alpha value is -5.02. The van der Waals surface area contributed by atoms with Crippen molar-refractivity contribution in [2.45, 2.75) is 125 Å². The average Bonchev–Trinajstić information content (AvgIpc) is 3.11. The van der Waals surface area contributed by atoms with Gasteiger partial charge in [-0.3, -0.25) is 33.6 Å². The maximum absolute atomic E-state index is 14.0. The van der Waals surface area contributed by atoms with E-state index in [-0.39, 0.29) is 31.2 Å². The minimum Gasteiger partial charge on any atom is -0.481 e. The Morgan fingerprint density at radius 3 is 1.69 bits per heavy atom. The molecule has 0 aliphatic rings. The number of nitrogens with zero attached hydrogens (tertiary/aromatic N) is 1. The van der Waals surface area contributed by atoms with Gasteiger partial charge in [0, 0.05) is 18.9 Å². The van der Waals surface area contributed by atoms with Crippen molar-refractivity contribution >= 4 is 47.4 Å². The fourth-order valence-corrected chi connectivity index (χ4v) is 5.51. The minimum atomic E-state index is -1.67. The normalized spacial score (nSPS) is 14.5. The molecule has 308 valence electrons. The minimum absolute atomic E-state index is 0.000120. The molecule has 0 aliphatic heterocycles. The molecule has 0 spiro atoms. The molecule has 0 radical (unpaired) electrons. The molecule has 6 atom stereocenters. The maximum Gasteiger partial charge on any atom is 0.326 e. The Labute approximate surface area is 324 Å². The number of carboxylic acid groups (broad SMARTS) is 2. The average molecular weight is 775 g/mol. The van der Waals surface area contributed by atoms with Crippen molar-refractivity contribution in [3.05, 3.63) is 35.9 Å². The second-order valence-electron chi connectivity index (χ2n) is 15.0. The Morgan fingerprint density at radius 2 is 1.20 bits per heavy atom. The number of benzene rings is 1. The summed E-state index contributed by atoms with van der Waals surface area (Å²) in [6.07, 6.45) is 0.166. The first kappa shape index (κ1) is 48.0. The highest BCUT2D eigenvalue weighted by Gasteiger charge is 2.35. The number of aliphatic carboxylic acids is 2. The summed E-state index contributed by atoms with van der Waals surface area (Å²) in [4.78, 5) is 105. The van der Waals surface area contributed by atoms with Crippen LogP contribution >= 0.6 is 0 Å². The second kappa shape index (κ2) is 23.7. The highest BCUT2D eigenvalue weighted by molar-refractivity contribution is 5.97. The van der Waals surface area contributed by atoms with Gasteiger partial charge in [-0.1, -0.05) is 99.1 Å². The van der Waals surface area contributed by atoms with Crippen molar-refractivity contribution in [2.24, 2.45) is 23.7 Å². The van der Waals surface area contributed by atoms with Gasteiger partial charge in [0.05, 0.1) is 13.0 Å². The van der Waals surface area contributed by atoms with E-state index in [1.54, 1.807) is 71.9 Å². The van der Waals surface area contributed by atoms with Crippen LogP contribution in [0.5, 0.6) is 0 Å². The first-order valence-electron chi connectivity index (χ1n) is 19.0. The van der Waals surface area contributed by atoms with Crippen molar-refractivity contribution < 1.29 is 48.6 Å². The van der Waals surface area contributed by atoms with Gasteiger partial charge in [-0.15, -0.1) is 0 Å². The molecule has 1 unspecified atom stereocenters. The lowest BCUT2D eigenvalue weighted by atomic mass is 9.95. The Bertz CT molecular complexity index is 1470. The van der Waals surface area contributed by atoms with E-state index in [1.165, 1.54) is 11.8 Å². The smallest absolute Gasteiger partial charge is 0.326 e. The molecule has 16 nitrogen and oxygen atoms in total. The summed E-state index contributed by atoms with van der Waals surface area (Å²) in [5.41, 5.74) is 0.615. The number of hydrogen-bond donors (Lipinski definition) is 7. The molecule has 0 heterocycles. The first-order valence-corrected chi connectivity index (χ1v) is 19.0. The topological polar surface area (TPSA) is 240 Å². The van der Waals surface area contributed by atoms with Crippen LogP contribution in [-0.4, -0.2) is 106 Å². The van der Waals surface area contributed by atoms with Gasteiger partial charge in [0.2, 0.25) is 35.4 Å². The quantitative estimate of drug-likeness (QED) is 0.0805. The standard InChI is InChI=1S/C39H62N6O10/c1-10-25(9)33(44-36(51)32(23(5)6)43-30(46)21-45(18-17-22(3)4)38(53)24(7)8)37(52)42-28(19-26-15-13-12-14-16-26)34(49)41-29(20-31(47)48)35(50)40-27(11-2)39(54)55/h12-16,22-25,27-29,32-33H,10-11,17-21H2,1-9H3,(H,40,50)(H,41,49)(H,42,52)(H,43,46)(H,44,51)(H,47,48)(H,54,55)/t25-,27?,28-,29-,32-,33-/m0/s1. The van der Waals surface area contributed by atoms with Crippen molar-refractivity contribution in [2.75, 3.05) is 13.1 Å². The van der Waals surface area contributed by atoms with Crippen molar-refractivity contribution in [1.29, 1.82) is 0 Å². The number of amides is 6. The van der Waals surface area contributed by atoms with Crippen LogP contribution in [0.4, 0.5) is 0 Å². The van der Waals surface area contributed by atoms with E-state index in [4.69, 9.17) is 0 Å². The molecule has 0 aliphatic carbocycles. The largest absolute Gasteiger partial charge is 0.481 e. The van der Waals surface area contributed by atoms with Crippen LogP contribution in [0.15, 0.2) is 30.3 Å². The fourth-order valence-electron chi connectivity index (χ4n) is 5.51. The lowest BCUT2D eigenvalue weighted by Gasteiger charge is -2.30. The molecule has 0 fully saturated rings. The van der Waals surface area contributed by atoms with Gasteiger partial charge in [-0.2, -0.15) is 0 Å². The van der Waals surface area contributed by atoms with Gasteiger partial charge in [0.25, 0.3) is 0 Å². The Morgan fingerprint density at radius 1 is 0.655 bits per heavy atom. The van der Waals surface area contributed by atoms with E-state index < -0.39 is 89.9 Å². The third-order valence-electron chi connectivity index (χ3n) is 9.13. The second-order valence-corrected chi connectivity index (χ2v) is 15.0. The van der Waals surface area contributed by atoms with E-state index in [0.29, 0.717) is 30.9 Å². The third kappa shape index (κ3) is 16.9. The zero-order valence-corrected chi connectivity index (χ0v) is 33.6. The fraction of sp³-hybridized carbons (Fsp3) is 0.641. The van der Waals surface area contributed by atoms with E-state index in [9.17, 15) is 48.6 Å². The summed E-state index contributed by atoms with van der Waals surface area (Å²) in [7, 11) is 0. The number of carbonyl (C=O) groups is 8. The zero-order valence-electron chi connectivity index (χ0n) is 33.6. The van der Waals surface area contributed by atoms with Crippen molar-refractivity contribution in [3.8, 4) is 0 Å². The molecule has 0 aromatic heterocycles. The summed E-state index contributed by atoms with van der Waals surface area (Å²) >= 11 is 0. The number of hydrogen-bond acceptors (Lipinski definition) is 8. The van der Waals surface area contributed by atoms with Gasteiger partial charge < -0.3 is 41.7 Å². The molecule has 0 saturated carbocycles. The zero-order chi connectivity index (χ0) is 42.0. The molecule has 6 amide bonds. The van der Waals surface area contributed by atoms with Crippen LogP contribution in [0.3, 0.4) is 0 Å². The van der Waals surface area contributed by atoms with Crippen LogP contribution in [-0.2, 0) is 44.8 Å². The maximum atomic E-state index is 14.0. The summed E-state index contributed by atoms with van der Waals surface area (Å²) < 4.78 is 0. The molecule has 16 heteroatoms. The van der Waals surface area contributed by atoms with Crippen LogP contribution in [0.1, 0.15) is 93.6 Å². The van der Waals surface area contributed by atoms with Gasteiger partial charge in [-0.05, 0) is 36.2 Å². The molecule has 1 aromatic rings. The number of rotatable bonds is 24. The lowest BCUT2D eigenvalue weighted by molar-refractivity contribution is -0.143. The molecular formula is C39H62N6O10. The molecule has 1 rings (SSSR count). The van der Waals surface area contributed by atoms with E-state index in [2.05, 4.69) is 26.6 Å². The van der Waals surface area contributed by atoms with Crippen molar-refractivity contribution in [3.63, 3.8) is 0 Å². The lowest BCUT2D eigenvalue weighted by Crippen LogP contribution is -2.61. The molecule has 1 aromatic carbocycles. The van der Waals surface area contributed by atoms with Gasteiger partial charge in [-0.25, -0.2) is 4.79 Å². The predicted octanol–water partition coefficient (Wildman–Crippen LogP) is 1.86. The molecule has 7 N–H and O–H groups in total. The Kier molecular flexibility index (Phi) is 20.7. The summed E-state index contributed by atoms with van der Waals surface area (Å²) in [5.74, 6) is -7.77. The SMILES string of the molecule is CCC(NC(=O)[C@H](CC(=O)O)NC(=O)[C@H](Cc1ccccc1)NC(=O)[C@@H](NC(=O)[C@@H](NC(=O)CN(CCC(C)C)C(=O)C(C)C)C(C)C)[C@@H](C)CC)C(=O)O. The summed E-state index contributed by atoms with van der Waals surface area (Å²) in [6.45, 7) is 16.1. The highest BCUT2D eigenvalue weighted by atomic mass is 16.4. The van der Waals surface area contributed by atoms with E-state index in [0.717, 1.165) is 0 Å². The van der Waals surface area contributed by atoms with Gasteiger partial charge in [0.15, 0.2) is 0 Å². The van der Waals surface area contributed by atoms with E-state index in [1.807, 2.05) is 13.8 Å². The summed E-state index contributed by atoms with van der Waals surface area (Å²) in [5, 5.41) is 31.6. The predicted molar refractivity (Wildman–Crippen MR) is 205 cm³/mol. The van der Waals surface area contributed by atoms with Crippen LogP contribution in [0.2, 0.25) is 0 Å². The van der Waals surface area contributed by atoms with Gasteiger partial charge in [0.1, 0.15) is 30.2 Å². The summed E-state index contributed by atoms with van der Waals surface area (Å²) in [6, 6.07) is 1.96. The van der Waals surface area contributed by atoms with Crippen molar-refractivity contribution in [1.82, 2.24) is 31.5 Å². The van der Waals surface area contributed by atoms with Gasteiger partial charge >= 0.3 is 11.9 Å². The molecule has 0 saturated heterocycles.